The van der Waals surface area contributed by atoms with E-state index in [0.29, 0.717) is 38.4 Å². The molecular formula is C14H22N2O3. The van der Waals surface area contributed by atoms with Crippen molar-refractivity contribution in [3.63, 3.8) is 0 Å². The molecule has 1 aromatic carbocycles. The lowest BCUT2D eigenvalue weighted by atomic mass is 10.2. The zero-order chi connectivity index (χ0) is 14.1. The van der Waals surface area contributed by atoms with Gasteiger partial charge in [-0.05, 0) is 31.2 Å². The van der Waals surface area contributed by atoms with E-state index in [2.05, 4.69) is 0 Å². The maximum Gasteiger partial charge on any atom is 0.253 e. The molecule has 5 heteroatoms. The van der Waals surface area contributed by atoms with Crippen LogP contribution in [0.1, 0.15) is 17.3 Å². The minimum Gasteiger partial charge on any atom is -0.494 e. The van der Waals surface area contributed by atoms with Gasteiger partial charge in [0.15, 0.2) is 0 Å². The van der Waals surface area contributed by atoms with Crippen molar-refractivity contribution in [2.24, 2.45) is 5.73 Å². The Hall–Kier alpha value is -1.59. The number of methoxy groups -OCH3 is 1. The molecule has 2 N–H and O–H groups in total. The first-order valence-corrected chi connectivity index (χ1v) is 6.44. The summed E-state index contributed by atoms with van der Waals surface area (Å²) in [7, 11) is 1.61. The van der Waals surface area contributed by atoms with E-state index in [1.807, 2.05) is 6.92 Å². The third-order valence-corrected chi connectivity index (χ3v) is 2.66. The number of carbonyl (C=O) groups excluding carboxylic acids is 1. The lowest BCUT2D eigenvalue weighted by Crippen LogP contribution is -2.37. The van der Waals surface area contributed by atoms with E-state index >= 15 is 0 Å². The topological polar surface area (TPSA) is 64.8 Å². The van der Waals surface area contributed by atoms with Crippen LogP contribution in [0.15, 0.2) is 24.3 Å². The molecule has 0 aliphatic heterocycles. The van der Waals surface area contributed by atoms with Gasteiger partial charge in [-0.15, -0.1) is 0 Å². The molecule has 0 fully saturated rings. The summed E-state index contributed by atoms with van der Waals surface area (Å²) in [6.45, 7) is 4.54. The largest absolute Gasteiger partial charge is 0.494 e. The number of carbonyl (C=O) groups is 1. The summed E-state index contributed by atoms with van der Waals surface area (Å²) in [6, 6.07) is 7.13. The molecule has 5 nitrogen and oxygen atoms in total. The SMILES string of the molecule is CCOc1ccc(C(=O)N(CCN)CCOC)cc1. The number of hydrogen-bond donors (Lipinski definition) is 1. The normalized spacial score (nSPS) is 10.3. The Bertz CT molecular complexity index is 379. The highest BCUT2D eigenvalue weighted by Gasteiger charge is 2.14. The zero-order valence-electron chi connectivity index (χ0n) is 11.6. The monoisotopic (exact) mass is 266 g/mol. The lowest BCUT2D eigenvalue weighted by Gasteiger charge is -2.21. The van der Waals surface area contributed by atoms with Gasteiger partial charge in [-0.1, -0.05) is 0 Å². The van der Waals surface area contributed by atoms with Crippen LogP contribution in [-0.4, -0.2) is 50.8 Å². The first-order chi connectivity index (χ1) is 9.22. The molecule has 0 unspecified atom stereocenters. The van der Waals surface area contributed by atoms with Crippen LogP contribution >= 0.6 is 0 Å². The highest BCUT2D eigenvalue weighted by molar-refractivity contribution is 5.94. The lowest BCUT2D eigenvalue weighted by molar-refractivity contribution is 0.0701. The van der Waals surface area contributed by atoms with Gasteiger partial charge < -0.3 is 20.1 Å². The average Bonchev–Trinajstić information content (AvgIpc) is 2.44. The highest BCUT2D eigenvalue weighted by atomic mass is 16.5. The fourth-order valence-corrected chi connectivity index (χ4v) is 1.72. The molecule has 0 saturated carbocycles. The van der Waals surface area contributed by atoms with E-state index in [1.165, 1.54) is 0 Å². The minimum atomic E-state index is -0.0365. The molecule has 0 aliphatic carbocycles. The van der Waals surface area contributed by atoms with Crippen LogP contribution in [0.5, 0.6) is 5.75 Å². The summed E-state index contributed by atoms with van der Waals surface area (Å²) < 4.78 is 10.3. The van der Waals surface area contributed by atoms with Gasteiger partial charge >= 0.3 is 0 Å². The fraction of sp³-hybridized carbons (Fsp3) is 0.500. The van der Waals surface area contributed by atoms with E-state index in [9.17, 15) is 4.79 Å². The Balaban J connectivity index is 2.71. The van der Waals surface area contributed by atoms with E-state index in [4.69, 9.17) is 15.2 Å². The van der Waals surface area contributed by atoms with Crippen LogP contribution in [0.4, 0.5) is 0 Å². The molecule has 0 spiro atoms. The first-order valence-electron chi connectivity index (χ1n) is 6.44. The van der Waals surface area contributed by atoms with Crippen LogP contribution in [0, 0.1) is 0 Å². The van der Waals surface area contributed by atoms with Crippen molar-refractivity contribution in [2.45, 2.75) is 6.92 Å². The van der Waals surface area contributed by atoms with Gasteiger partial charge in [0, 0.05) is 32.3 Å². The Morgan fingerprint density at radius 2 is 1.95 bits per heavy atom. The maximum atomic E-state index is 12.3. The van der Waals surface area contributed by atoms with Crippen molar-refractivity contribution in [2.75, 3.05) is 40.0 Å². The average molecular weight is 266 g/mol. The van der Waals surface area contributed by atoms with Gasteiger partial charge in [0.1, 0.15) is 5.75 Å². The van der Waals surface area contributed by atoms with E-state index in [-0.39, 0.29) is 5.91 Å². The Labute approximate surface area is 114 Å². The number of amides is 1. The van der Waals surface area contributed by atoms with Gasteiger partial charge in [-0.2, -0.15) is 0 Å². The Morgan fingerprint density at radius 3 is 2.47 bits per heavy atom. The van der Waals surface area contributed by atoms with Crippen molar-refractivity contribution >= 4 is 5.91 Å². The summed E-state index contributed by atoms with van der Waals surface area (Å²) in [4.78, 5) is 14.0. The number of nitrogens with two attached hydrogens (primary N) is 1. The van der Waals surface area contributed by atoms with Crippen LogP contribution in [-0.2, 0) is 4.74 Å². The van der Waals surface area contributed by atoms with Crippen molar-refractivity contribution < 1.29 is 14.3 Å². The fourth-order valence-electron chi connectivity index (χ4n) is 1.72. The second-order valence-electron chi connectivity index (χ2n) is 4.03. The second-order valence-corrected chi connectivity index (χ2v) is 4.03. The molecule has 0 aliphatic rings. The Kier molecular flexibility index (Phi) is 6.92. The molecule has 1 amide bonds. The summed E-state index contributed by atoms with van der Waals surface area (Å²) in [5.74, 6) is 0.729. The molecule has 0 radical (unpaired) electrons. The second kappa shape index (κ2) is 8.50. The molecule has 106 valence electrons. The molecule has 0 heterocycles. The first kappa shape index (κ1) is 15.5. The predicted molar refractivity (Wildman–Crippen MR) is 74.4 cm³/mol. The number of nitrogens with zero attached hydrogens (tertiary/aromatic N) is 1. The molecule has 0 atom stereocenters. The smallest absolute Gasteiger partial charge is 0.253 e. The molecule has 1 aromatic rings. The predicted octanol–water partition coefficient (Wildman–Crippen LogP) is 1.13. The van der Waals surface area contributed by atoms with Gasteiger partial charge in [0.2, 0.25) is 0 Å². The standard InChI is InChI=1S/C14H22N2O3/c1-3-19-13-6-4-12(5-7-13)14(17)16(9-8-15)10-11-18-2/h4-7H,3,8-11,15H2,1-2H3. The van der Waals surface area contributed by atoms with Gasteiger partial charge in [0.25, 0.3) is 5.91 Å². The molecule has 1 rings (SSSR count). The van der Waals surface area contributed by atoms with E-state index in [1.54, 1.807) is 36.3 Å². The van der Waals surface area contributed by atoms with Crippen LogP contribution in [0.2, 0.25) is 0 Å². The third kappa shape index (κ3) is 4.89. The molecule has 19 heavy (non-hydrogen) atoms. The molecule has 0 bridgehead atoms. The van der Waals surface area contributed by atoms with Gasteiger partial charge in [-0.3, -0.25) is 4.79 Å². The number of benzene rings is 1. The summed E-state index contributed by atoms with van der Waals surface area (Å²) in [5.41, 5.74) is 6.16. The number of hydrogen-bond acceptors (Lipinski definition) is 4. The van der Waals surface area contributed by atoms with Crippen LogP contribution < -0.4 is 10.5 Å². The third-order valence-electron chi connectivity index (χ3n) is 2.66. The van der Waals surface area contributed by atoms with Crippen molar-refractivity contribution in [3.8, 4) is 5.75 Å². The molecular weight excluding hydrogens is 244 g/mol. The summed E-state index contributed by atoms with van der Waals surface area (Å²) >= 11 is 0. The van der Waals surface area contributed by atoms with Crippen LogP contribution in [0.25, 0.3) is 0 Å². The van der Waals surface area contributed by atoms with E-state index in [0.717, 1.165) is 5.75 Å². The van der Waals surface area contributed by atoms with Gasteiger partial charge in [-0.25, -0.2) is 0 Å². The van der Waals surface area contributed by atoms with Crippen LogP contribution in [0.3, 0.4) is 0 Å². The number of rotatable bonds is 8. The minimum absolute atomic E-state index is 0.0365. The van der Waals surface area contributed by atoms with Crippen molar-refractivity contribution in [3.05, 3.63) is 29.8 Å². The molecule has 0 saturated heterocycles. The Morgan fingerprint density at radius 1 is 1.26 bits per heavy atom. The van der Waals surface area contributed by atoms with Crippen molar-refractivity contribution in [1.29, 1.82) is 0 Å². The summed E-state index contributed by atoms with van der Waals surface area (Å²) in [6.07, 6.45) is 0. The maximum absolute atomic E-state index is 12.3. The van der Waals surface area contributed by atoms with E-state index < -0.39 is 0 Å². The highest BCUT2D eigenvalue weighted by Crippen LogP contribution is 2.13. The number of ether oxygens (including phenoxy) is 2. The van der Waals surface area contributed by atoms with Crippen molar-refractivity contribution in [1.82, 2.24) is 4.90 Å². The zero-order valence-corrected chi connectivity index (χ0v) is 11.6. The quantitative estimate of drug-likeness (QED) is 0.766. The molecule has 0 aromatic heterocycles. The summed E-state index contributed by atoms with van der Waals surface area (Å²) in [5, 5.41) is 0. The van der Waals surface area contributed by atoms with Gasteiger partial charge in [0.05, 0.1) is 13.2 Å².